The van der Waals surface area contributed by atoms with Crippen molar-refractivity contribution < 1.29 is 28.6 Å². The Morgan fingerprint density at radius 3 is 2.21 bits per heavy atom. The van der Waals surface area contributed by atoms with Gasteiger partial charge in [-0.1, -0.05) is 50.0 Å². The van der Waals surface area contributed by atoms with Crippen LogP contribution in [0.5, 0.6) is 5.75 Å². The highest BCUT2D eigenvalue weighted by Crippen LogP contribution is 2.36. The van der Waals surface area contributed by atoms with Gasteiger partial charge in [0, 0.05) is 13.6 Å². The van der Waals surface area contributed by atoms with Gasteiger partial charge in [0.25, 0.3) is 0 Å². The van der Waals surface area contributed by atoms with E-state index in [4.69, 9.17) is 14.2 Å². The normalized spacial score (nSPS) is 12.4. The highest BCUT2D eigenvalue weighted by molar-refractivity contribution is 6.76. The predicted molar refractivity (Wildman–Crippen MR) is 135 cm³/mol. The number of rotatable bonds is 8. The Bertz CT molecular complexity index is 1010. The third kappa shape index (κ3) is 8.66. The number of hydrogen-bond donors (Lipinski definition) is 1. The summed E-state index contributed by atoms with van der Waals surface area (Å²) in [5.74, 6) is -1.68. The molecule has 34 heavy (non-hydrogen) atoms. The highest BCUT2D eigenvalue weighted by Gasteiger charge is 2.27. The number of hydrogen-bond acceptors (Lipinski definition) is 6. The molecule has 2 aromatic rings. The lowest BCUT2D eigenvalue weighted by Gasteiger charge is -2.22. The number of para-hydroxylation sites is 1. The summed E-state index contributed by atoms with van der Waals surface area (Å²) in [5.41, 5.74) is 0.273. The molecule has 0 bridgehead atoms. The molecule has 1 unspecified atom stereocenters. The first-order valence-electron chi connectivity index (χ1n) is 11.3. The maximum Gasteiger partial charge on any atom is 0.412 e. The summed E-state index contributed by atoms with van der Waals surface area (Å²) in [6.07, 6.45) is -0.702. The zero-order valence-corrected chi connectivity index (χ0v) is 22.1. The van der Waals surface area contributed by atoms with Gasteiger partial charge in [-0.15, -0.1) is 0 Å². The van der Waals surface area contributed by atoms with Crippen molar-refractivity contribution in [2.24, 2.45) is 0 Å². The third-order valence-electron chi connectivity index (χ3n) is 4.80. The minimum Gasteiger partial charge on any atom is -0.466 e. The topological polar surface area (TPSA) is 90.9 Å². The molecular weight excluding hydrogens is 450 g/mol. The number of ether oxygens (including phenoxy) is 3. The van der Waals surface area contributed by atoms with E-state index in [9.17, 15) is 14.4 Å². The molecule has 2 aromatic carbocycles. The van der Waals surface area contributed by atoms with Crippen LogP contribution in [0, 0.1) is 0 Å². The fourth-order valence-electron chi connectivity index (χ4n) is 2.96. The zero-order chi connectivity index (χ0) is 25.5. The van der Waals surface area contributed by atoms with Gasteiger partial charge in [-0.25, -0.2) is 9.59 Å². The van der Waals surface area contributed by atoms with E-state index in [0.29, 0.717) is 17.7 Å². The van der Waals surface area contributed by atoms with Gasteiger partial charge >= 0.3 is 18.0 Å². The molecule has 0 aliphatic heterocycles. The molecule has 2 rings (SSSR count). The maximum atomic E-state index is 12.8. The second-order valence-electron chi connectivity index (χ2n) is 10.3. The lowest BCUT2D eigenvalue weighted by molar-refractivity contribution is -0.144. The van der Waals surface area contributed by atoms with Crippen LogP contribution in [0.2, 0.25) is 25.7 Å². The average molecular weight is 486 g/mol. The minimum absolute atomic E-state index is 0.0804. The molecule has 0 radical (unpaired) electrons. The van der Waals surface area contributed by atoms with E-state index in [0.717, 1.165) is 6.04 Å². The quantitative estimate of drug-likeness (QED) is 0.270. The molecule has 0 fully saturated rings. The Hall–Kier alpha value is -3.13. The van der Waals surface area contributed by atoms with Gasteiger partial charge in [-0.3, -0.25) is 10.1 Å². The van der Waals surface area contributed by atoms with Gasteiger partial charge in [-0.05, 0) is 51.9 Å². The molecule has 0 aromatic heterocycles. The minimum atomic E-state index is -1.36. The summed E-state index contributed by atoms with van der Waals surface area (Å²) >= 11 is 0. The number of esters is 2. The summed E-state index contributed by atoms with van der Waals surface area (Å²) in [7, 11) is -1.36. The van der Waals surface area contributed by atoms with Crippen LogP contribution in [0.3, 0.4) is 0 Å². The summed E-state index contributed by atoms with van der Waals surface area (Å²) in [6, 6.07) is 14.3. The van der Waals surface area contributed by atoms with Crippen LogP contribution in [0.1, 0.15) is 49.5 Å². The first-order chi connectivity index (χ1) is 15.8. The molecule has 1 atom stereocenters. The Kier molecular flexibility index (Phi) is 9.04. The van der Waals surface area contributed by atoms with Crippen molar-refractivity contribution >= 4 is 31.8 Å². The van der Waals surface area contributed by atoms with E-state index < -0.39 is 37.6 Å². The van der Waals surface area contributed by atoms with Crippen molar-refractivity contribution in [2.75, 3.05) is 11.9 Å². The Morgan fingerprint density at radius 1 is 0.971 bits per heavy atom. The summed E-state index contributed by atoms with van der Waals surface area (Å²) in [4.78, 5) is 38.1. The van der Waals surface area contributed by atoms with E-state index in [1.54, 1.807) is 76.2 Å². The first-order valence-corrected chi connectivity index (χ1v) is 15.0. The van der Waals surface area contributed by atoms with Gasteiger partial charge in [0.1, 0.15) is 5.60 Å². The molecule has 0 saturated carbocycles. The molecule has 0 spiro atoms. The largest absolute Gasteiger partial charge is 0.466 e. The van der Waals surface area contributed by atoms with Gasteiger partial charge in [0.05, 0.1) is 23.8 Å². The SMILES string of the molecule is CC(C(=O)OCC[Si](C)(C)C)c1cccc(NC(=O)OC(C)(C)C)c1OC(=O)c1ccccc1. The standard InChI is InChI=1S/C26H35NO6Si/c1-18(23(28)31-16-17-34(5,6)7)20-14-11-15-21(27-25(30)33-26(2,3)4)22(20)32-24(29)19-12-9-8-10-13-19/h8-15,18H,16-17H2,1-7H3,(H,27,30). The molecule has 0 aliphatic rings. The number of nitrogens with one attached hydrogen (secondary N) is 1. The van der Waals surface area contributed by atoms with Gasteiger partial charge < -0.3 is 14.2 Å². The van der Waals surface area contributed by atoms with Crippen LogP contribution in [0.25, 0.3) is 0 Å². The average Bonchev–Trinajstić information content (AvgIpc) is 2.72. The van der Waals surface area contributed by atoms with Crippen LogP contribution < -0.4 is 10.1 Å². The van der Waals surface area contributed by atoms with E-state index in [2.05, 4.69) is 25.0 Å². The number of benzene rings is 2. The predicted octanol–water partition coefficient (Wildman–Crippen LogP) is 6.24. The van der Waals surface area contributed by atoms with Gasteiger partial charge in [-0.2, -0.15) is 0 Å². The second kappa shape index (κ2) is 11.3. The molecule has 0 aliphatic carbocycles. The van der Waals surface area contributed by atoms with Crippen molar-refractivity contribution in [3.05, 3.63) is 59.7 Å². The molecule has 0 saturated heterocycles. The van der Waals surface area contributed by atoms with E-state index in [-0.39, 0.29) is 11.4 Å². The van der Waals surface area contributed by atoms with Crippen molar-refractivity contribution in [3.63, 3.8) is 0 Å². The van der Waals surface area contributed by atoms with E-state index in [1.165, 1.54) is 0 Å². The lowest BCUT2D eigenvalue weighted by atomic mass is 9.99. The number of carbonyl (C=O) groups is 3. The van der Waals surface area contributed by atoms with Crippen molar-refractivity contribution in [1.29, 1.82) is 0 Å². The summed E-state index contributed by atoms with van der Waals surface area (Å²) < 4.78 is 16.6. The fourth-order valence-corrected chi connectivity index (χ4v) is 3.67. The molecule has 0 heterocycles. The molecule has 184 valence electrons. The molecule has 7 nitrogen and oxygen atoms in total. The molecular formula is C26H35NO6Si. The van der Waals surface area contributed by atoms with Crippen molar-refractivity contribution in [2.45, 2.75) is 64.9 Å². The summed E-state index contributed by atoms with van der Waals surface area (Å²) in [6.45, 7) is 13.9. The zero-order valence-electron chi connectivity index (χ0n) is 21.1. The van der Waals surface area contributed by atoms with E-state index in [1.807, 2.05) is 0 Å². The van der Waals surface area contributed by atoms with Gasteiger partial charge in [0.15, 0.2) is 5.75 Å². The van der Waals surface area contributed by atoms with Crippen LogP contribution >= 0.6 is 0 Å². The Morgan fingerprint density at radius 2 is 1.62 bits per heavy atom. The van der Waals surface area contributed by atoms with E-state index >= 15 is 0 Å². The first kappa shape index (κ1) is 27.1. The van der Waals surface area contributed by atoms with Gasteiger partial charge in [0.2, 0.25) is 0 Å². The van der Waals surface area contributed by atoms with Crippen LogP contribution in [-0.4, -0.2) is 38.3 Å². The number of anilines is 1. The smallest absolute Gasteiger partial charge is 0.412 e. The van der Waals surface area contributed by atoms with Crippen LogP contribution in [0.4, 0.5) is 10.5 Å². The number of amides is 1. The molecule has 1 amide bonds. The third-order valence-corrected chi connectivity index (χ3v) is 6.51. The monoisotopic (exact) mass is 485 g/mol. The molecule has 8 heteroatoms. The highest BCUT2D eigenvalue weighted by atomic mass is 28.3. The van der Waals surface area contributed by atoms with Crippen LogP contribution in [0.15, 0.2) is 48.5 Å². The fraction of sp³-hybridized carbons (Fsp3) is 0.423. The lowest BCUT2D eigenvalue weighted by Crippen LogP contribution is -2.27. The summed E-state index contributed by atoms with van der Waals surface area (Å²) in [5, 5.41) is 2.64. The van der Waals surface area contributed by atoms with Crippen molar-refractivity contribution in [1.82, 2.24) is 0 Å². The second-order valence-corrected chi connectivity index (χ2v) is 15.9. The Balaban J connectivity index is 2.35. The van der Waals surface area contributed by atoms with Crippen molar-refractivity contribution in [3.8, 4) is 5.75 Å². The maximum absolute atomic E-state index is 12.8. The van der Waals surface area contributed by atoms with Crippen LogP contribution in [-0.2, 0) is 14.3 Å². The Labute approximate surface area is 202 Å². The molecule has 1 N–H and O–H groups in total. The number of carbonyl (C=O) groups excluding carboxylic acids is 3.